The largest absolute Gasteiger partial charge is 0.493 e. The fraction of sp³-hybridized carbons (Fsp3) is 0.429. The Morgan fingerprint density at radius 3 is 2.42 bits per heavy atom. The third kappa shape index (κ3) is 3.06. The molecule has 0 atom stereocenters. The molecule has 0 rings (SSSR count). The fourth-order valence-electron chi connectivity index (χ4n) is 0.729. The third-order valence-corrected chi connectivity index (χ3v) is 2.24. The highest BCUT2D eigenvalue weighted by atomic mass is 32.2. The maximum atomic E-state index is 10.8. The summed E-state index contributed by atoms with van der Waals surface area (Å²) in [4.78, 5) is -0.0654. The second-order valence-electron chi connectivity index (χ2n) is 2.05. The van der Waals surface area contributed by atoms with Crippen molar-refractivity contribution in [3.8, 4) is 0 Å². The van der Waals surface area contributed by atoms with Crippen LogP contribution in [0.1, 0.15) is 13.8 Å². The van der Waals surface area contributed by atoms with Crippen LogP contribution >= 0.6 is 0 Å². The first-order valence-electron chi connectivity index (χ1n) is 3.44. The monoisotopic (exact) mass is 191 g/mol. The van der Waals surface area contributed by atoms with Gasteiger partial charge in [0.1, 0.15) is 10.7 Å². The summed E-state index contributed by atoms with van der Waals surface area (Å²) in [5.41, 5.74) is 0. The van der Waals surface area contributed by atoms with E-state index in [2.05, 4.69) is 6.58 Å². The quantitative estimate of drug-likeness (QED) is 0.526. The highest BCUT2D eigenvalue weighted by molar-refractivity contribution is 7.93. The van der Waals surface area contributed by atoms with Gasteiger partial charge in [0.05, 0.1) is 6.61 Å². The number of hydrogen-bond donors (Lipinski definition) is 1. The predicted molar refractivity (Wildman–Crippen MR) is 47.6 cm³/mol. The molecule has 0 aliphatic heterocycles. The Bertz CT molecular complexity index is 290. The van der Waals surface area contributed by atoms with Crippen LogP contribution < -0.4 is 5.14 Å². The number of sulfonamides is 1. The lowest BCUT2D eigenvalue weighted by Crippen LogP contribution is -2.16. The fourth-order valence-corrected chi connectivity index (χ4v) is 1.43. The van der Waals surface area contributed by atoms with Crippen LogP contribution in [0.5, 0.6) is 0 Å². The van der Waals surface area contributed by atoms with Crippen molar-refractivity contribution in [2.45, 2.75) is 13.8 Å². The van der Waals surface area contributed by atoms with Crippen molar-refractivity contribution < 1.29 is 13.2 Å². The van der Waals surface area contributed by atoms with Gasteiger partial charge in [-0.1, -0.05) is 12.7 Å². The third-order valence-electron chi connectivity index (χ3n) is 1.16. The van der Waals surface area contributed by atoms with Crippen molar-refractivity contribution >= 4 is 10.0 Å². The average molecular weight is 191 g/mol. The van der Waals surface area contributed by atoms with E-state index in [1.54, 1.807) is 13.8 Å². The molecule has 0 heterocycles. The lowest BCUT2D eigenvalue weighted by Gasteiger charge is -2.07. The van der Waals surface area contributed by atoms with E-state index in [0.717, 1.165) is 0 Å². The first kappa shape index (κ1) is 11.2. The van der Waals surface area contributed by atoms with Gasteiger partial charge in [-0.15, -0.1) is 0 Å². The SMILES string of the molecule is C=C(OCC)C(=CC)S(N)(=O)=O. The van der Waals surface area contributed by atoms with Crippen LogP contribution in [-0.2, 0) is 14.8 Å². The van der Waals surface area contributed by atoms with Crippen LogP contribution in [0.15, 0.2) is 23.3 Å². The van der Waals surface area contributed by atoms with E-state index in [1.165, 1.54) is 6.08 Å². The first-order valence-corrected chi connectivity index (χ1v) is 4.99. The van der Waals surface area contributed by atoms with Crippen molar-refractivity contribution in [2.75, 3.05) is 6.61 Å². The van der Waals surface area contributed by atoms with Crippen molar-refractivity contribution in [3.05, 3.63) is 23.3 Å². The van der Waals surface area contributed by atoms with Crippen molar-refractivity contribution in [2.24, 2.45) is 5.14 Å². The number of primary sulfonamides is 1. The summed E-state index contributed by atoms with van der Waals surface area (Å²) in [7, 11) is -3.70. The van der Waals surface area contributed by atoms with Crippen molar-refractivity contribution in [1.82, 2.24) is 0 Å². The standard InChI is InChI=1S/C7H13NO3S/c1-4-7(12(8,9)10)6(3)11-5-2/h4H,3,5H2,1-2H3,(H2,8,9,10). The molecule has 5 heteroatoms. The Kier molecular flexibility index (Phi) is 3.99. The summed E-state index contributed by atoms with van der Waals surface area (Å²) in [6, 6.07) is 0. The number of rotatable bonds is 4. The summed E-state index contributed by atoms with van der Waals surface area (Å²) < 4.78 is 26.6. The van der Waals surface area contributed by atoms with E-state index >= 15 is 0 Å². The topological polar surface area (TPSA) is 69.4 Å². The number of nitrogens with two attached hydrogens (primary N) is 1. The lowest BCUT2D eigenvalue weighted by atomic mass is 10.4. The smallest absolute Gasteiger partial charge is 0.241 e. The molecule has 0 aromatic carbocycles. The molecule has 0 bridgehead atoms. The first-order chi connectivity index (χ1) is 5.43. The Labute approximate surface area is 72.8 Å². The number of hydrogen-bond acceptors (Lipinski definition) is 3. The molecule has 4 nitrogen and oxygen atoms in total. The van der Waals surface area contributed by atoms with Gasteiger partial charge in [0.2, 0.25) is 10.0 Å². The van der Waals surface area contributed by atoms with Gasteiger partial charge in [-0.05, 0) is 13.8 Å². The normalized spacial score (nSPS) is 12.8. The molecule has 0 radical (unpaired) electrons. The van der Waals surface area contributed by atoms with Gasteiger partial charge in [0, 0.05) is 0 Å². The zero-order valence-corrected chi connectivity index (χ0v) is 8.02. The molecule has 2 N–H and O–H groups in total. The van der Waals surface area contributed by atoms with Crippen LogP contribution in [0.2, 0.25) is 0 Å². The van der Waals surface area contributed by atoms with Crippen LogP contribution in [0.3, 0.4) is 0 Å². The van der Waals surface area contributed by atoms with Crippen molar-refractivity contribution in [3.63, 3.8) is 0 Å². The van der Waals surface area contributed by atoms with Gasteiger partial charge < -0.3 is 4.74 Å². The summed E-state index contributed by atoms with van der Waals surface area (Å²) in [5, 5.41) is 4.88. The molecule has 0 aromatic heterocycles. The molecule has 0 saturated heterocycles. The van der Waals surface area contributed by atoms with Gasteiger partial charge in [0.25, 0.3) is 0 Å². The molecule has 0 fully saturated rings. The van der Waals surface area contributed by atoms with Crippen LogP contribution in [0.25, 0.3) is 0 Å². The van der Waals surface area contributed by atoms with Crippen LogP contribution in [0.4, 0.5) is 0 Å². The molecular weight excluding hydrogens is 178 g/mol. The minimum absolute atomic E-state index is 0.0654. The minimum Gasteiger partial charge on any atom is -0.493 e. The molecule has 70 valence electrons. The van der Waals surface area contributed by atoms with E-state index in [4.69, 9.17) is 9.88 Å². The van der Waals surface area contributed by atoms with Gasteiger partial charge in [-0.2, -0.15) is 0 Å². The van der Waals surface area contributed by atoms with Gasteiger partial charge >= 0.3 is 0 Å². The molecule has 0 aliphatic rings. The Balaban J connectivity index is 4.74. The summed E-state index contributed by atoms with van der Waals surface area (Å²) in [6.07, 6.45) is 1.35. The lowest BCUT2D eigenvalue weighted by molar-refractivity contribution is 0.242. The second kappa shape index (κ2) is 4.27. The van der Waals surface area contributed by atoms with Crippen LogP contribution in [-0.4, -0.2) is 15.0 Å². The van der Waals surface area contributed by atoms with Gasteiger partial charge in [-0.25, -0.2) is 13.6 Å². The summed E-state index contributed by atoms with van der Waals surface area (Å²) in [6.45, 7) is 7.10. The summed E-state index contributed by atoms with van der Waals surface area (Å²) >= 11 is 0. The molecule has 0 aromatic rings. The number of allylic oxidation sites excluding steroid dienone is 1. The van der Waals surface area contributed by atoms with E-state index in [-0.39, 0.29) is 10.7 Å². The zero-order valence-electron chi connectivity index (χ0n) is 7.20. The second-order valence-corrected chi connectivity index (χ2v) is 3.58. The molecule has 0 spiro atoms. The highest BCUT2D eigenvalue weighted by Crippen LogP contribution is 2.13. The summed E-state index contributed by atoms with van der Waals surface area (Å²) in [5.74, 6) is 0.0856. The maximum absolute atomic E-state index is 10.8. The van der Waals surface area contributed by atoms with E-state index in [9.17, 15) is 8.42 Å². The molecule has 0 aliphatic carbocycles. The van der Waals surface area contributed by atoms with E-state index in [0.29, 0.717) is 6.61 Å². The van der Waals surface area contributed by atoms with E-state index in [1.807, 2.05) is 0 Å². The van der Waals surface area contributed by atoms with Crippen LogP contribution in [0, 0.1) is 0 Å². The molecule has 0 amide bonds. The zero-order chi connectivity index (χ0) is 9.78. The Morgan fingerprint density at radius 2 is 2.17 bits per heavy atom. The molecular formula is C7H13NO3S. The highest BCUT2D eigenvalue weighted by Gasteiger charge is 2.14. The Hall–Kier alpha value is -0.810. The maximum Gasteiger partial charge on any atom is 0.241 e. The minimum atomic E-state index is -3.70. The van der Waals surface area contributed by atoms with Crippen molar-refractivity contribution in [1.29, 1.82) is 0 Å². The van der Waals surface area contributed by atoms with Gasteiger partial charge in [-0.3, -0.25) is 0 Å². The predicted octanol–water partition coefficient (Wildman–Crippen LogP) is 0.729. The molecule has 12 heavy (non-hydrogen) atoms. The number of ether oxygens (including phenoxy) is 1. The van der Waals surface area contributed by atoms with Gasteiger partial charge in [0.15, 0.2) is 0 Å². The Morgan fingerprint density at radius 1 is 1.67 bits per heavy atom. The molecule has 0 saturated carbocycles. The van der Waals surface area contributed by atoms with E-state index < -0.39 is 10.0 Å². The molecule has 0 unspecified atom stereocenters. The average Bonchev–Trinajstić information content (AvgIpc) is 1.85.